The van der Waals surface area contributed by atoms with E-state index in [9.17, 15) is 0 Å². The monoisotopic (exact) mass is 231 g/mol. The highest BCUT2D eigenvalue weighted by molar-refractivity contribution is 5.85. The number of halogens is 1. The fraction of sp³-hybridized carbons (Fsp3) is 0.636. The maximum absolute atomic E-state index is 6.13. The molecule has 1 aliphatic heterocycles. The van der Waals surface area contributed by atoms with Gasteiger partial charge in [0.1, 0.15) is 11.5 Å². The fourth-order valence-corrected chi connectivity index (χ4v) is 1.94. The van der Waals surface area contributed by atoms with E-state index >= 15 is 0 Å². The summed E-state index contributed by atoms with van der Waals surface area (Å²) in [5, 5.41) is 0. The molecule has 0 amide bonds. The Labute approximate surface area is 96.4 Å². The molecular weight excluding hydrogens is 214 g/mol. The van der Waals surface area contributed by atoms with Crippen LogP contribution in [-0.4, -0.2) is 13.2 Å². The molecule has 0 spiro atoms. The molecule has 1 aromatic heterocycles. The molecule has 1 saturated heterocycles. The lowest BCUT2D eigenvalue weighted by molar-refractivity contribution is 0.0559. The van der Waals surface area contributed by atoms with Crippen LogP contribution in [0.4, 0.5) is 0 Å². The molecule has 0 radical (unpaired) electrons. The summed E-state index contributed by atoms with van der Waals surface area (Å²) >= 11 is 0. The molecule has 1 atom stereocenters. The summed E-state index contributed by atoms with van der Waals surface area (Å²) in [6.07, 6.45) is 2.09. The fourth-order valence-electron chi connectivity index (χ4n) is 1.94. The number of nitrogens with two attached hydrogens (primary N) is 1. The molecule has 4 heteroatoms. The van der Waals surface area contributed by atoms with Gasteiger partial charge in [0, 0.05) is 13.2 Å². The van der Waals surface area contributed by atoms with Crippen molar-refractivity contribution in [2.45, 2.75) is 25.8 Å². The van der Waals surface area contributed by atoms with Crippen molar-refractivity contribution in [3.05, 3.63) is 23.7 Å². The van der Waals surface area contributed by atoms with Gasteiger partial charge in [-0.1, -0.05) is 0 Å². The first kappa shape index (κ1) is 12.6. The highest BCUT2D eigenvalue weighted by Gasteiger charge is 2.24. The minimum atomic E-state index is 0. The normalized spacial score (nSPS) is 19.6. The van der Waals surface area contributed by atoms with E-state index in [1.165, 1.54) is 0 Å². The number of hydrogen-bond donors (Lipinski definition) is 1. The van der Waals surface area contributed by atoms with Crippen molar-refractivity contribution in [3.63, 3.8) is 0 Å². The average molecular weight is 232 g/mol. The lowest BCUT2D eigenvalue weighted by Crippen LogP contribution is -2.27. The third-order valence-electron chi connectivity index (χ3n) is 2.86. The zero-order valence-corrected chi connectivity index (χ0v) is 9.76. The third-order valence-corrected chi connectivity index (χ3v) is 2.86. The van der Waals surface area contributed by atoms with E-state index < -0.39 is 0 Å². The number of ether oxygens (including phenoxy) is 1. The molecule has 1 aromatic rings. The molecule has 0 unspecified atom stereocenters. The lowest BCUT2D eigenvalue weighted by atomic mass is 9.91. The second-order valence-corrected chi connectivity index (χ2v) is 3.92. The standard InChI is InChI=1S/C11H17NO2.ClH/c1-8-2-3-10(14-8)11(12)9-4-6-13-7-5-9;/h2-3,9,11H,4-7,12H2,1H3;1H/t11-;/m0./s1. The van der Waals surface area contributed by atoms with Crippen molar-refractivity contribution >= 4 is 12.4 Å². The van der Waals surface area contributed by atoms with Gasteiger partial charge in [0.15, 0.2) is 0 Å². The van der Waals surface area contributed by atoms with Gasteiger partial charge in [-0.3, -0.25) is 0 Å². The van der Waals surface area contributed by atoms with Gasteiger partial charge < -0.3 is 14.9 Å². The van der Waals surface area contributed by atoms with Gasteiger partial charge in [0.25, 0.3) is 0 Å². The molecule has 0 aliphatic carbocycles. The predicted molar refractivity (Wildman–Crippen MR) is 61.2 cm³/mol. The number of furan rings is 1. The molecule has 0 bridgehead atoms. The Morgan fingerprint density at radius 3 is 2.53 bits per heavy atom. The average Bonchev–Trinajstić information content (AvgIpc) is 2.65. The minimum absolute atomic E-state index is 0. The summed E-state index contributed by atoms with van der Waals surface area (Å²) in [4.78, 5) is 0. The first-order valence-electron chi connectivity index (χ1n) is 5.17. The van der Waals surface area contributed by atoms with E-state index in [-0.39, 0.29) is 18.4 Å². The minimum Gasteiger partial charge on any atom is -0.465 e. The van der Waals surface area contributed by atoms with Gasteiger partial charge in [-0.05, 0) is 37.8 Å². The van der Waals surface area contributed by atoms with Gasteiger partial charge in [0.05, 0.1) is 6.04 Å². The Morgan fingerprint density at radius 2 is 2.00 bits per heavy atom. The van der Waals surface area contributed by atoms with Crippen LogP contribution in [0.5, 0.6) is 0 Å². The zero-order chi connectivity index (χ0) is 9.97. The van der Waals surface area contributed by atoms with E-state index in [0.29, 0.717) is 5.92 Å². The van der Waals surface area contributed by atoms with E-state index in [1.54, 1.807) is 0 Å². The SMILES string of the molecule is Cc1ccc([C@@H](N)C2CCOCC2)o1.Cl. The molecule has 15 heavy (non-hydrogen) atoms. The van der Waals surface area contributed by atoms with E-state index in [2.05, 4.69) is 0 Å². The molecule has 3 nitrogen and oxygen atoms in total. The number of hydrogen-bond acceptors (Lipinski definition) is 3. The van der Waals surface area contributed by atoms with Crippen molar-refractivity contribution < 1.29 is 9.15 Å². The highest BCUT2D eigenvalue weighted by atomic mass is 35.5. The van der Waals surface area contributed by atoms with Crippen LogP contribution < -0.4 is 5.73 Å². The first-order valence-corrected chi connectivity index (χ1v) is 5.17. The van der Waals surface area contributed by atoms with Gasteiger partial charge in [-0.2, -0.15) is 0 Å². The van der Waals surface area contributed by atoms with Crippen LogP contribution in [0, 0.1) is 12.8 Å². The summed E-state index contributed by atoms with van der Waals surface area (Å²) in [5.74, 6) is 2.35. The predicted octanol–water partition coefficient (Wildman–Crippen LogP) is 2.44. The summed E-state index contributed by atoms with van der Waals surface area (Å²) in [5.41, 5.74) is 6.13. The second-order valence-electron chi connectivity index (χ2n) is 3.92. The molecule has 0 aromatic carbocycles. The Kier molecular flexibility index (Phi) is 4.64. The Morgan fingerprint density at radius 1 is 1.33 bits per heavy atom. The topological polar surface area (TPSA) is 48.4 Å². The van der Waals surface area contributed by atoms with Gasteiger partial charge >= 0.3 is 0 Å². The summed E-state index contributed by atoms with van der Waals surface area (Å²) in [7, 11) is 0. The maximum Gasteiger partial charge on any atom is 0.121 e. The van der Waals surface area contributed by atoms with Crippen molar-refractivity contribution in [2.75, 3.05) is 13.2 Å². The Bertz CT molecular complexity index is 295. The van der Waals surface area contributed by atoms with Crippen LogP contribution in [-0.2, 0) is 4.74 Å². The summed E-state index contributed by atoms with van der Waals surface area (Å²) in [6.45, 7) is 3.61. The Balaban J connectivity index is 0.00000112. The van der Waals surface area contributed by atoms with Crippen molar-refractivity contribution in [1.82, 2.24) is 0 Å². The van der Waals surface area contributed by atoms with E-state index in [4.69, 9.17) is 14.9 Å². The van der Waals surface area contributed by atoms with Crippen LogP contribution >= 0.6 is 12.4 Å². The first-order chi connectivity index (χ1) is 6.77. The Hall–Kier alpha value is -0.510. The smallest absolute Gasteiger partial charge is 0.121 e. The van der Waals surface area contributed by atoms with Crippen LogP contribution in [0.3, 0.4) is 0 Å². The molecular formula is C11H18ClNO2. The summed E-state index contributed by atoms with van der Waals surface area (Å²) in [6, 6.07) is 3.98. The zero-order valence-electron chi connectivity index (χ0n) is 8.94. The van der Waals surface area contributed by atoms with E-state index in [0.717, 1.165) is 37.6 Å². The second kappa shape index (κ2) is 5.54. The third kappa shape index (κ3) is 2.97. The van der Waals surface area contributed by atoms with Crippen molar-refractivity contribution in [3.8, 4) is 0 Å². The van der Waals surface area contributed by atoms with Crippen LogP contribution in [0.2, 0.25) is 0 Å². The largest absolute Gasteiger partial charge is 0.465 e. The molecule has 2 heterocycles. The number of rotatable bonds is 2. The lowest BCUT2D eigenvalue weighted by Gasteiger charge is -2.26. The highest BCUT2D eigenvalue weighted by Crippen LogP contribution is 2.28. The van der Waals surface area contributed by atoms with E-state index in [1.807, 2.05) is 19.1 Å². The molecule has 2 rings (SSSR count). The van der Waals surface area contributed by atoms with Crippen molar-refractivity contribution in [1.29, 1.82) is 0 Å². The van der Waals surface area contributed by atoms with Gasteiger partial charge in [0.2, 0.25) is 0 Å². The van der Waals surface area contributed by atoms with Crippen LogP contribution in [0.15, 0.2) is 16.5 Å². The van der Waals surface area contributed by atoms with Gasteiger partial charge in [-0.25, -0.2) is 0 Å². The van der Waals surface area contributed by atoms with Crippen LogP contribution in [0.25, 0.3) is 0 Å². The van der Waals surface area contributed by atoms with Crippen LogP contribution in [0.1, 0.15) is 30.4 Å². The maximum atomic E-state index is 6.13. The molecule has 1 aliphatic rings. The quantitative estimate of drug-likeness (QED) is 0.851. The molecule has 1 fully saturated rings. The molecule has 2 N–H and O–H groups in total. The molecule has 0 saturated carbocycles. The number of aryl methyl sites for hydroxylation is 1. The summed E-state index contributed by atoms with van der Waals surface area (Å²) < 4.78 is 10.8. The molecule has 86 valence electrons. The van der Waals surface area contributed by atoms with Gasteiger partial charge in [-0.15, -0.1) is 12.4 Å². The van der Waals surface area contributed by atoms with Crippen molar-refractivity contribution in [2.24, 2.45) is 11.7 Å².